The number of carbonyl (C=O) groups excluding carboxylic acids is 1. The summed E-state index contributed by atoms with van der Waals surface area (Å²) in [7, 11) is 1.51. The molecule has 0 bridgehead atoms. The first-order valence-corrected chi connectivity index (χ1v) is 7.54. The van der Waals surface area contributed by atoms with E-state index in [4.69, 9.17) is 15.4 Å². The van der Waals surface area contributed by atoms with Crippen LogP contribution in [0.25, 0.3) is 0 Å². The van der Waals surface area contributed by atoms with Crippen molar-refractivity contribution in [2.75, 3.05) is 13.1 Å². The van der Waals surface area contributed by atoms with E-state index in [1.165, 1.54) is 0 Å². The van der Waals surface area contributed by atoms with Gasteiger partial charge in [0.2, 0.25) is 0 Å². The van der Waals surface area contributed by atoms with E-state index in [-0.39, 0.29) is 12.6 Å². The molecule has 1 fully saturated rings. The zero-order valence-electron chi connectivity index (χ0n) is 10.1. The van der Waals surface area contributed by atoms with Crippen LogP contribution in [0.5, 0.6) is 0 Å². The summed E-state index contributed by atoms with van der Waals surface area (Å²) in [6, 6.07) is -0.252. The highest BCUT2D eigenvalue weighted by atomic mass is 35.7. The number of hydrogen-bond acceptors (Lipinski definition) is 4. The summed E-state index contributed by atoms with van der Waals surface area (Å²) in [5.41, 5.74) is -0.569. The van der Waals surface area contributed by atoms with Crippen LogP contribution in [-0.4, -0.2) is 43.5 Å². The Balaban J connectivity index is 2.44. The molecule has 0 radical (unpaired) electrons. The number of nitrogens with zero attached hydrogens (tertiary/aromatic N) is 1. The third kappa shape index (κ3) is 5.10. The number of amides is 1. The van der Waals surface area contributed by atoms with Crippen molar-refractivity contribution in [3.05, 3.63) is 0 Å². The monoisotopic (exact) mass is 284 g/mol. The van der Waals surface area contributed by atoms with E-state index < -0.39 is 20.9 Å². The first-order valence-electron chi connectivity index (χ1n) is 5.27. The van der Waals surface area contributed by atoms with Crippen molar-refractivity contribution in [3.63, 3.8) is 0 Å². The number of alkyl carbamates (subject to hydrolysis) is 1. The number of carbonyl (C=O) groups is 1. The average Bonchev–Trinajstić information content (AvgIpc) is 2.47. The van der Waals surface area contributed by atoms with Crippen molar-refractivity contribution < 1.29 is 17.9 Å². The molecule has 1 heterocycles. The van der Waals surface area contributed by atoms with Crippen LogP contribution in [0.3, 0.4) is 0 Å². The van der Waals surface area contributed by atoms with Crippen molar-refractivity contribution in [1.29, 1.82) is 0 Å². The molecule has 0 spiro atoms. The fourth-order valence-electron chi connectivity index (χ4n) is 1.52. The van der Waals surface area contributed by atoms with Crippen LogP contribution in [0.2, 0.25) is 0 Å². The third-order valence-corrected chi connectivity index (χ3v) is 3.71. The predicted octanol–water partition coefficient (Wildman–Crippen LogP) is 1.07. The number of nitrogens with one attached hydrogen (secondary N) is 1. The van der Waals surface area contributed by atoms with Crippen molar-refractivity contribution in [3.8, 4) is 0 Å². The first-order chi connectivity index (χ1) is 7.58. The van der Waals surface area contributed by atoms with Gasteiger partial charge in [0.05, 0.1) is 0 Å². The Morgan fingerprint density at radius 1 is 1.47 bits per heavy atom. The zero-order chi connectivity index (χ0) is 13.3. The van der Waals surface area contributed by atoms with Crippen molar-refractivity contribution in [1.82, 2.24) is 9.62 Å². The van der Waals surface area contributed by atoms with Gasteiger partial charge in [0.25, 0.3) is 9.24 Å². The van der Waals surface area contributed by atoms with Crippen LogP contribution in [0.1, 0.15) is 27.2 Å². The maximum atomic E-state index is 11.4. The molecule has 0 aromatic carbocycles. The SMILES string of the molecule is CC(C)(C)OC(=O)NC1CCN(S(=O)(=O)Cl)C1. The van der Waals surface area contributed by atoms with Crippen LogP contribution >= 0.6 is 10.7 Å². The quantitative estimate of drug-likeness (QED) is 0.770. The molecule has 0 saturated carbocycles. The summed E-state index contributed by atoms with van der Waals surface area (Å²) in [5.74, 6) is 0. The Labute approximate surface area is 106 Å². The summed E-state index contributed by atoms with van der Waals surface area (Å²) in [4.78, 5) is 11.4. The molecule has 0 aliphatic carbocycles. The van der Waals surface area contributed by atoms with Crippen molar-refractivity contribution in [2.24, 2.45) is 0 Å². The zero-order valence-corrected chi connectivity index (χ0v) is 11.6. The molecule has 1 atom stereocenters. The lowest BCUT2D eigenvalue weighted by Gasteiger charge is -2.21. The molecule has 1 saturated heterocycles. The number of rotatable bonds is 2. The normalized spacial score (nSPS) is 22.5. The molecule has 8 heteroatoms. The first kappa shape index (κ1) is 14.5. The van der Waals surface area contributed by atoms with E-state index >= 15 is 0 Å². The second-order valence-corrected chi connectivity index (χ2v) is 7.44. The maximum Gasteiger partial charge on any atom is 0.407 e. The Kier molecular flexibility index (Phi) is 4.27. The molecule has 1 unspecified atom stereocenters. The van der Waals surface area contributed by atoms with E-state index in [9.17, 15) is 13.2 Å². The maximum absolute atomic E-state index is 11.4. The van der Waals surface area contributed by atoms with E-state index in [2.05, 4.69) is 5.32 Å². The van der Waals surface area contributed by atoms with Gasteiger partial charge in [-0.2, -0.15) is 12.7 Å². The number of ether oxygens (including phenoxy) is 1. The second kappa shape index (κ2) is 4.99. The Bertz CT molecular complexity index is 390. The van der Waals surface area contributed by atoms with E-state index in [0.29, 0.717) is 13.0 Å². The molecule has 6 nitrogen and oxygen atoms in total. The molecular formula is C9H17ClN2O4S. The number of halogens is 1. The van der Waals surface area contributed by atoms with Crippen molar-refractivity contribution in [2.45, 2.75) is 38.8 Å². The summed E-state index contributed by atoms with van der Waals surface area (Å²) in [5, 5.41) is 2.61. The second-order valence-electron chi connectivity index (χ2n) is 4.93. The fourth-order valence-corrected chi connectivity index (χ4v) is 2.58. The Morgan fingerprint density at radius 3 is 2.47 bits per heavy atom. The Hall–Kier alpha value is -0.530. The van der Waals surface area contributed by atoms with E-state index in [1.807, 2.05) is 0 Å². The van der Waals surface area contributed by atoms with Gasteiger partial charge in [0.15, 0.2) is 0 Å². The molecule has 1 aliphatic heterocycles. The topological polar surface area (TPSA) is 75.7 Å². The third-order valence-electron chi connectivity index (χ3n) is 2.18. The predicted molar refractivity (Wildman–Crippen MR) is 64.1 cm³/mol. The molecule has 1 amide bonds. The highest BCUT2D eigenvalue weighted by Crippen LogP contribution is 2.17. The van der Waals surface area contributed by atoms with Gasteiger partial charge in [0.1, 0.15) is 5.60 Å². The van der Waals surface area contributed by atoms with Crippen LogP contribution in [0, 0.1) is 0 Å². The smallest absolute Gasteiger partial charge is 0.407 e. The molecule has 0 aromatic rings. The fraction of sp³-hybridized carbons (Fsp3) is 0.889. The molecule has 17 heavy (non-hydrogen) atoms. The summed E-state index contributed by atoms with van der Waals surface area (Å²) < 4.78 is 28.3. The van der Waals surface area contributed by atoms with Crippen molar-refractivity contribution >= 4 is 26.0 Å². The molecule has 100 valence electrons. The van der Waals surface area contributed by atoms with Crippen LogP contribution in [0.4, 0.5) is 4.79 Å². The lowest BCUT2D eigenvalue weighted by molar-refractivity contribution is 0.0507. The largest absolute Gasteiger partial charge is 0.444 e. The minimum atomic E-state index is -3.69. The van der Waals surface area contributed by atoms with Gasteiger partial charge >= 0.3 is 6.09 Å². The van der Waals surface area contributed by atoms with Gasteiger partial charge in [-0.1, -0.05) is 0 Å². The van der Waals surface area contributed by atoms with E-state index in [0.717, 1.165) is 4.31 Å². The van der Waals surface area contributed by atoms with Crippen LogP contribution in [0.15, 0.2) is 0 Å². The highest BCUT2D eigenvalue weighted by molar-refractivity contribution is 8.11. The average molecular weight is 285 g/mol. The molecular weight excluding hydrogens is 268 g/mol. The summed E-state index contributed by atoms with van der Waals surface area (Å²) in [6.45, 7) is 5.78. The summed E-state index contributed by atoms with van der Waals surface area (Å²) in [6.07, 6.45) is -0.0121. The van der Waals surface area contributed by atoms with E-state index in [1.54, 1.807) is 20.8 Å². The van der Waals surface area contributed by atoms with Gasteiger partial charge < -0.3 is 10.1 Å². The van der Waals surface area contributed by atoms with Crippen LogP contribution < -0.4 is 5.32 Å². The lowest BCUT2D eigenvalue weighted by atomic mass is 10.2. The molecule has 0 aromatic heterocycles. The van der Waals surface area contributed by atoms with Gasteiger partial charge in [-0.3, -0.25) is 0 Å². The molecule has 1 rings (SSSR count). The van der Waals surface area contributed by atoms with Crippen LogP contribution in [-0.2, 0) is 14.0 Å². The minimum absolute atomic E-state index is 0.186. The molecule has 1 aliphatic rings. The number of hydrogen-bond donors (Lipinski definition) is 1. The summed E-state index contributed by atoms with van der Waals surface area (Å²) >= 11 is 0. The lowest BCUT2D eigenvalue weighted by Crippen LogP contribution is -2.40. The van der Waals surface area contributed by atoms with Gasteiger partial charge in [-0.15, -0.1) is 0 Å². The standard InChI is InChI=1S/C9H17ClN2O4S/c1-9(2,3)16-8(13)11-7-4-5-12(6-7)17(10,14)15/h7H,4-6H2,1-3H3,(H,11,13). The molecule has 1 N–H and O–H groups in total. The van der Waals surface area contributed by atoms with Gasteiger partial charge in [0, 0.05) is 29.8 Å². The van der Waals surface area contributed by atoms with Gasteiger partial charge in [-0.05, 0) is 27.2 Å². The minimum Gasteiger partial charge on any atom is -0.444 e. The van der Waals surface area contributed by atoms with Gasteiger partial charge in [-0.25, -0.2) is 4.79 Å². The Morgan fingerprint density at radius 2 is 2.06 bits per heavy atom. The highest BCUT2D eigenvalue weighted by Gasteiger charge is 2.31.